The van der Waals surface area contributed by atoms with Gasteiger partial charge in [-0.2, -0.15) is 13.5 Å². The number of rotatable bonds is 4. The molecular weight excluding hydrogens is 485 g/mol. The van der Waals surface area contributed by atoms with Crippen molar-refractivity contribution in [2.75, 3.05) is 12.8 Å². The Bertz CT molecular complexity index is 1260. The van der Waals surface area contributed by atoms with Gasteiger partial charge in [0.1, 0.15) is 0 Å². The van der Waals surface area contributed by atoms with Crippen molar-refractivity contribution in [3.05, 3.63) is 100 Å². The third-order valence-electron chi connectivity index (χ3n) is 4.97. The van der Waals surface area contributed by atoms with Crippen molar-refractivity contribution in [3.8, 4) is 0 Å². The van der Waals surface area contributed by atoms with Crippen molar-refractivity contribution in [1.82, 2.24) is 5.01 Å². The Labute approximate surface area is 201 Å². The summed E-state index contributed by atoms with van der Waals surface area (Å²) >= 11 is 13.2. The molecule has 1 atom stereocenters. The van der Waals surface area contributed by atoms with Crippen LogP contribution in [0.25, 0.3) is 0 Å². The highest BCUT2D eigenvalue weighted by Gasteiger charge is 2.32. The van der Waals surface area contributed by atoms with E-state index in [1.165, 1.54) is 36.0 Å². The highest BCUT2D eigenvalue weighted by Crippen LogP contribution is 2.31. The first-order valence-electron chi connectivity index (χ1n) is 9.69. The zero-order valence-corrected chi connectivity index (χ0v) is 20.2. The van der Waals surface area contributed by atoms with E-state index < -0.39 is 10.0 Å². The van der Waals surface area contributed by atoms with Crippen LogP contribution in [0.5, 0.6) is 0 Å². The molecule has 1 unspecified atom stereocenters. The third kappa shape index (κ3) is 5.02. The molecule has 1 aliphatic heterocycles. The monoisotopic (exact) mass is 503 g/mol. The average Bonchev–Trinajstić information content (AvgIpc) is 3.24. The molecule has 5 nitrogen and oxygen atoms in total. The van der Waals surface area contributed by atoms with Gasteiger partial charge in [0.2, 0.25) is 0 Å². The number of thioether (sulfide) groups is 1. The maximum absolute atomic E-state index is 12.9. The molecule has 0 aliphatic carbocycles. The Balaban J connectivity index is 1.73. The molecule has 164 valence electrons. The average molecular weight is 504 g/mol. The Kier molecular flexibility index (Phi) is 6.90. The van der Waals surface area contributed by atoms with Crippen molar-refractivity contribution in [2.45, 2.75) is 10.8 Å². The number of hydrogen-bond donors (Lipinski definition) is 0. The largest absolute Gasteiger partial charge is 0.284 e. The van der Waals surface area contributed by atoms with Gasteiger partial charge in [0.25, 0.3) is 10.0 Å². The smallest absolute Gasteiger partial charge is 0.240 e. The molecule has 0 spiro atoms. The van der Waals surface area contributed by atoms with Gasteiger partial charge in [-0.3, -0.25) is 0 Å². The Morgan fingerprint density at radius 1 is 0.969 bits per heavy atom. The number of halogens is 2. The summed E-state index contributed by atoms with van der Waals surface area (Å²) in [5, 5.41) is 7.83. The van der Waals surface area contributed by atoms with Crippen LogP contribution >= 0.6 is 35.0 Å². The molecule has 9 heteroatoms. The van der Waals surface area contributed by atoms with E-state index in [1.54, 1.807) is 11.3 Å². The van der Waals surface area contributed by atoms with Crippen molar-refractivity contribution in [1.29, 1.82) is 0 Å². The molecule has 0 radical (unpaired) electrons. The quantitative estimate of drug-likeness (QED) is 0.328. The molecule has 0 fully saturated rings. The summed E-state index contributed by atoms with van der Waals surface area (Å²) in [6.07, 6.45) is 1.78. The van der Waals surface area contributed by atoms with E-state index in [4.69, 9.17) is 28.3 Å². The van der Waals surface area contributed by atoms with Crippen molar-refractivity contribution in [3.63, 3.8) is 0 Å². The zero-order valence-electron chi connectivity index (χ0n) is 17.0. The summed E-state index contributed by atoms with van der Waals surface area (Å²) in [6, 6.07) is 23.4. The van der Waals surface area contributed by atoms with Gasteiger partial charge in [-0.05, 0) is 53.8 Å². The topological polar surface area (TPSA) is 62.1 Å². The molecular formula is C23H19Cl2N3O2S2. The maximum atomic E-state index is 12.9. The fourth-order valence-corrected chi connectivity index (χ4v) is 5.46. The summed E-state index contributed by atoms with van der Waals surface area (Å²) in [5.41, 5.74) is 2.84. The minimum atomic E-state index is -3.92. The third-order valence-corrected chi connectivity index (χ3v) is 7.54. The summed E-state index contributed by atoms with van der Waals surface area (Å²) in [4.78, 5) is 0.0779. The molecule has 0 amide bonds. The number of sulfonamides is 1. The van der Waals surface area contributed by atoms with Gasteiger partial charge < -0.3 is 0 Å². The number of hydrazone groups is 1. The van der Waals surface area contributed by atoms with Gasteiger partial charge in [-0.25, -0.2) is 5.01 Å². The van der Waals surface area contributed by atoms with E-state index in [1.807, 2.05) is 54.6 Å². The molecule has 1 heterocycles. The van der Waals surface area contributed by atoms with Crippen LogP contribution in [0, 0.1) is 0 Å². The van der Waals surface area contributed by atoms with Gasteiger partial charge in [-0.15, -0.1) is 4.40 Å². The lowest BCUT2D eigenvalue weighted by atomic mass is 9.91. The summed E-state index contributed by atoms with van der Waals surface area (Å²) < 4.78 is 29.8. The van der Waals surface area contributed by atoms with Gasteiger partial charge in [0, 0.05) is 16.0 Å². The van der Waals surface area contributed by atoms with E-state index in [2.05, 4.69) is 4.40 Å². The molecule has 0 saturated carbocycles. The minimum absolute atomic E-state index is 0.0482. The van der Waals surface area contributed by atoms with E-state index in [9.17, 15) is 8.42 Å². The van der Waals surface area contributed by atoms with E-state index in [-0.39, 0.29) is 10.8 Å². The first-order valence-corrected chi connectivity index (χ1v) is 13.1. The van der Waals surface area contributed by atoms with E-state index >= 15 is 0 Å². The first kappa shape index (κ1) is 22.9. The summed E-state index contributed by atoms with van der Waals surface area (Å²) in [6.45, 7) is 0.470. The van der Waals surface area contributed by atoms with Crippen molar-refractivity contribution < 1.29 is 8.42 Å². The second-order valence-corrected chi connectivity index (χ2v) is 10.3. The molecule has 1 aliphatic rings. The lowest BCUT2D eigenvalue weighted by Gasteiger charge is -2.17. The second kappa shape index (κ2) is 9.67. The number of nitrogens with zero attached hydrogens (tertiary/aromatic N) is 3. The maximum Gasteiger partial charge on any atom is 0.284 e. The van der Waals surface area contributed by atoms with Gasteiger partial charge >= 0.3 is 0 Å². The predicted molar refractivity (Wildman–Crippen MR) is 133 cm³/mol. The van der Waals surface area contributed by atoms with Crippen molar-refractivity contribution >= 4 is 55.9 Å². The van der Waals surface area contributed by atoms with Gasteiger partial charge in [0.15, 0.2) is 5.17 Å². The fourth-order valence-electron chi connectivity index (χ4n) is 3.40. The standard InChI is InChI=1S/C23H19Cl2N3O2S2/c1-31-23(27-32(29,30)20-13-11-19(25)12-14-20)28-15-21(16-5-3-2-4-6-16)22(26-28)17-7-9-18(24)10-8-17/h2-14,21H,15H2,1H3/b27-23-. The molecule has 3 aromatic rings. The first-order chi connectivity index (χ1) is 15.4. The van der Waals surface area contributed by atoms with Gasteiger partial charge in [-0.1, -0.05) is 77.4 Å². The normalized spacial score (nSPS) is 16.8. The molecule has 0 saturated heterocycles. The van der Waals surface area contributed by atoms with Crippen LogP contribution in [0.2, 0.25) is 10.0 Å². The van der Waals surface area contributed by atoms with Crippen LogP contribution in [-0.4, -0.2) is 37.1 Å². The lowest BCUT2D eigenvalue weighted by molar-refractivity contribution is 0.484. The van der Waals surface area contributed by atoms with Crippen molar-refractivity contribution in [2.24, 2.45) is 9.50 Å². The van der Waals surface area contributed by atoms with Gasteiger partial charge in [0.05, 0.1) is 17.2 Å². The lowest BCUT2D eigenvalue weighted by Crippen LogP contribution is -2.24. The number of hydrogen-bond acceptors (Lipinski definition) is 4. The zero-order chi connectivity index (χ0) is 22.7. The second-order valence-electron chi connectivity index (χ2n) is 7.04. The minimum Gasteiger partial charge on any atom is -0.240 e. The highest BCUT2D eigenvalue weighted by atomic mass is 35.5. The molecule has 0 N–H and O–H groups in total. The van der Waals surface area contributed by atoms with E-state index in [0.29, 0.717) is 21.8 Å². The Morgan fingerprint density at radius 2 is 1.56 bits per heavy atom. The van der Waals surface area contributed by atoms with Crippen LogP contribution in [0.15, 0.2) is 93.3 Å². The molecule has 32 heavy (non-hydrogen) atoms. The highest BCUT2D eigenvalue weighted by molar-refractivity contribution is 8.13. The summed E-state index contributed by atoms with van der Waals surface area (Å²) in [7, 11) is -3.92. The molecule has 0 bridgehead atoms. The van der Waals surface area contributed by atoms with Crippen LogP contribution in [-0.2, 0) is 10.0 Å². The van der Waals surface area contributed by atoms with Crippen LogP contribution in [0.3, 0.4) is 0 Å². The molecule has 4 rings (SSSR count). The van der Waals surface area contributed by atoms with Crippen LogP contribution < -0.4 is 0 Å². The van der Waals surface area contributed by atoms with E-state index in [0.717, 1.165) is 16.8 Å². The summed E-state index contributed by atoms with van der Waals surface area (Å²) in [5.74, 6) is -0.0482. The number of benzene rings is 3. The Morgan fingerprint density at radius 3 is 2.16 bits per heavy atom. The fraction of sp³-hybridized carbons (Fsp3) is 0.130. The predicted octanol–water partition coefficient (Wildman–Crippen LogP) is 5.90. The number of amidine groups is 1. The molecule has 0 aromatic heterocycles. The molecule has 3 aromatic carbocycles. The Hall–Kier alpha value is -2.32. The van der Waals surface area contributed by atoms with Crippen LogP contribution in [0.1, 0.15) is 17.0 Å². The SMILES string of the molecule is CS/C(=N\S(=O)(=O)c1ccc(Cl)cc1)N1CC(c2ccccc2)C(c2ccc(Cl)cc2)=N1. The van der Waals surface area contributed by atoms with Crippen LogP contribution in [0.4, 0.5) is 0 Å².